The molecule has 110 valence electrons. The van der Waals surface area contributed by atoms with Gasteiger partial charge < -0.3 is 15.2 Å². The predicted molar refractivity (Wildman–Crippen MR) is 85.6 cm³/mol. The molecule has 0 radical (unpaired) electrons. The van der Waals surface area contributed by atoms with Gasteiger partial charge in [-0.1, -0.05) is 6.92 Å². The highest BCUT2D eigenvalue weighted by Gasteiger charge is 2.25. The molecule has 0 bridgehead atoms. The molecule has 1 amide bonds. The molecule has 3 rings (SSSR count). The van der Waals surface area contributed by atoms with Gasteiger partial charge >= 0.3 is 0 Å². The Labute approximate surface area is 125 Å². The number of fused-ring (bicyclic) bond motifs is 1. The zero-order valence-electron chi connectivity index (χ0n) is 12.4. The van der Waals surface area contributed by atoms with Crippen molar-refractivity contribution < 1.29 is 4.79 Å². The summed E-state index contributed by atoms with van der Waals surface area (Å²) in [5.74, 6) is 0.0826. The molecule has 2 aromatic rings. The van der Waals surface area contributed by atoms with Crippen molar-refractivity contribution in [3.05, 3.63) is 47.8 Å². The number of benzene rings is 1. The first kappa shape index (κ1) is 13.7. The summed E-state index contributed by atoms with van der Waals surface area (Å²) in [5, 5.41) is 0. The Morgan fingerprint density at radius 1 is 1.33 bits per heavy atom. The molecule has 0 saturated heterocycles. The molecule has 1 aromatic heterocycles. The van der Waals surface area contributed by atoms with Crippen LogP contribution in [0.4, 0.5) is 11.4 Å². The lowest BCUT2D eigenvalue weighted by Crippen LogP contribution is -2.36. The topological polar surface area (TPSA) is 51.3 Å². The molecule has 2 N–H and O–H groups in total. The quantitative estimate of drug-likeness (QED) is 0.880. The van der Waals surface area contributed by atoms with Crippen LogP contribution in [0.1, 0.15) is 35.8 Å². The van der Waals surface area contributed by atoms with Crippen molar-refractivity contribution in [2.45, 2.75) is 32.7 Å². The molecule has 0 saturated carbocycles. The normalized spacial score (nSPS) is 14.0. The van der Waals surface area contributed by atoms with Crippen LogP contribution < -0.4 is 10.6 Å². The van der Waals surface area contributed by atoms with Gasteiger partial charge in [-0.2, -0.15) is 0 Å². The molecule has 0 spiro atoms. The maximum Gasteiger partial charge on any atom is 0.274 e. The maximum atomic E-state index is 12.9. The number of nitrogens with zero attached hydrogens (tertiary/aromatic N) is 2. The fraction of sp³-hybridized carbons (Fsp3) is 0.353. The van der Waals surface area contributed by atoms with Crippen LogP contribution in [0, 0.1) is 0 Å². The van der Waals surface area contributed by atoms with Gasteiger partial charge in [0.2, 0.25) is 0 Å². The summed E-state index contributed by atoms with van der Waals surface area (Å²) < 4.78 is 2.04. The van der Waals surface area contributed by atoms with E-state index in [0.717, 1.165) is 49.4 Å². The number of nitrogen functional groups attached to an aromatic ring is 1. The lowest BCUT2D eigenvalue weighted by molar-refractivity contribution is 0.0976. The van der Waals surface area contributed by atoms with Crippen molar-refractivity contribution in [2.24, 2.45) is 0 Å². The van der Waals surface area contributed by atoms with Gasteiger partial charge in [0.05, 0.1) is 0 Å². The number of carbonyl (C=O) groups excluding carboxylic acids is 1. The largest absolute Gasteiger partial charge is 0.399 e. The van der Waals surface area contributed by atoms with Gasteiger partial charge in [0.15, 0.2) is 0 Å². The van der Waals surface area contributed by atoms with Gasteiger partial charge in [-0.3, -0.25) is 4.79 Å². The number of hydrogen-bond donors (Lipinski definition) is 1. The van der Waals surface area contributed by atoms with Gasteiger partial charge in [0.25, 0.3) is 5.91 Å². The minimum atomic E-state index is 0.0826. The van der Waals surface area contributed by atoms with Gasteiger partial charge in [0, 0.05) is 30.7 Å². The van der Waals surface area contributed by atoms with Crippen LogP contribution in [0.5, 0.6) is 0 Å². The number of hydrogen-bond acceptors (Lipinski definition) is 2. The molecule has 0 aliphatic carbocycles. The standard InChI is InChI=1S/C17H21N3O/c1-2-9-19-10-4-6-16(19)17(21)20-11-3-5-13-12-14(18)7-8-15(13)20/h4,6-8,10,12H,2-3,5,9,11,18H2,1H3. The molecule has 0 fully saturated rings. The fourth-order valence-corrected chi connectivity index (χ4v) is 3.01. The minimum absolute atomic E-state index is 0.0826. The summed E-state index contributed by atoms with van der Waals surface area (Å²) in [7, 11) is 0. The van der Waals surface area contributed by atoms with Crippen LogP contribution in [0.25, 0.3) is 0 Å². The first-order valence-corrected chi connectivity index (χ1v) is 7.56. The van der Waals surface area contributed by atoms with E-state index in [1.807, 2.05) is 46.0 Å². The van der Waals surface area contributed by atoms with E-state index in [2.05, 4.69) is 6.92 Å². The average Bonchev–Trinajstić information content (AvgIpc) is 2.94. The smallest absolute Gasteiger partial charge is 0.274 e. The lowest BCUT2D eigenvalue weighted by atomic mass is 10.0. The van der Waals surface area contributed by atoms with Gasteiger partial charge in [0.1, 0.15) is 5.69 Å². The number of nitrogens with two attached hydrogens (primary N) is 1. The highest BCUT2D eigenvalue weighted by Crippen LogP contribution is 2.30. The molecule has 4 heteroatoms. The van der Waals surface area contributed by atoms with E-state index in [1.54, 1.807) is 0 Å². The van der Waals surface area contributed by atoms with E-state index in [4.69, 9.17) is 5.73 Å². The molecule has 21 heavy (non-hydrogen) atoms. The van der Waals surface area contributed by atoms with Gasteiger partial charge in [-0.15, -0.1) is 0 Å². The molecule has 2 heterocycles. The van der Waals surface area contributed by atoms with Crippen LogP contribution in [0.15, 0.2) is 36.5 Å². The second-order valence-corrected chi connectivity index (χ2v) is 5.54. The highest BCUT2D eigenvalue weighted by atomic mass is 16.2. The number of aryl methyl sites for hydroxylation is 2. The van der Waals surface area contributed by atoms with Crippen molar-refractivity contribution in [3.8, 4) is 0 Å². The average molecular weight is 283 g/mol. The van der Waals surface area contributed by atoms with Crippen LogP contribution in [-0.2, 0) is 13.0 Å². The number of aromatic nitrogens is 1. The Bertz CT molecular complexity index is 660. The summed E-state index contributed by atoms with van der Waals surface area (Å²) in [4.78, 5) is 14.8. The zero-order chi connectivity index (χ0) is 14.8. The van der Waals surface area contributed by atoms with Crippen LogP contribution in [0.2, 0.25) is 0 Å². The number of rotatable bonds is 3. The van der Waals surface area contributed by atoms with E-state index < -0.39 is 0 Å². The van der Waals surface area contributed by atoms with Crippen molar-refractivity contribution in [2.75, 3.05) is 17.2 Å². The summed E-state index contributed by atoms with van der Waals surface area (Å²) in [6.45, 7) is 3.76. The van der Waals surface area contributed by atoms with Gasteiger partial charge in [-0.05, 0) is 55.2 Å². The monoisotopic (exact) mass is 283 g/mol. The summed E-state index contributed by atoms with van der Waals surface area (Å²) in [5.41, 5.74) is 9.55. The number of anilines is 2. The van der Waals surface area contributed by atoms with E-state index >= 15 is 0 Å². The van der Waals surface area contributed by atoms with E-state index in [1.165, 1.54) is 5.56 Å². The lowest BCUT2D eigenvalue weighted by Gasteiger charge is -2.30. The third-order valence-corrected chi connectivity index (χ3v) is 3.98. The maximum absolute atomic E-state index is 12.9. The molecule has 0 unspecified atom stereocenters. The molecule has 0 atom stereocenters. The second-order valence-electron chi connectivity index (χ2n) is 5.54. The molecule has 1 aromatic carbocycles. The van der Waals surface area contributed by atoms with Crippen LogP contribution in [-0.4, -0.2) is 17.0 Å². The van der Waals surface area contributed by atoms with E-state index in [0.29, 0.717) is 0 Å². The Morgan fingerprint density at radius 2 is 2.19 bits per heavy atom. The fourth-order valence-electron chi connectivity index (χ4n) is 3.01. The Hall–Kier alpha value is -2.23. The van der Waals surface area contributed by atoms with E-state index in [9.17, 15) is 4.79 Å². The molecular formula is C17H21N3O. The van der Waals surface area contributed by atoms with Crippen LogP contribution >= 0.6 is 0 Å². The molecule has 1 aliphatic rings. The molecular weight excluding hydrogens is 262 g/mol. The number of amides is 1. The van der Waals surface area contributed by atoms with Gasteiger partial charge in [-0.25, -0.2) is 0 Å². The Kier molecular flexibility index (Phi) is 3.69. The minimum Gasteiger partial charge on any atom is -0.399 e. The first-order chi connectivity index (χ1) is 10.2. The SMILES string of the molecule is CCCn1cccc1C(=O)N1CCCc2cc(N)ccc21. The van der Waals surface area contributed by atoms with Crippen molar-refractivity contribution in [3.63, 3.8) is 0 Å². The summed E-state index contributed by atoms with van der Waals surface area (Å²) in [6, 6.07) is 9.67. The molecule has 1 aliphatic heterocycles. The number of carbonyl (C=O) groups is 1. The second kappa shape index (κ2) is 5.64. The Balaban J connectivity index is 1.94. The summed E-state index contributed by atoms with van der Waals surface area (Å²) in [6.07, 6.45) is 4.96. The first-order valence-electron chi connectivity index (χ1n) is 7.56. The predicted octanol–water partition coefficient (Wildman–Crippen LogP) is 3.07. The molecule has 4 nitrogen and oxygen atoms in total. The van der Waals surface area contributed by atoms with Crippen LogP contribution in [0.3, 0.4) is 0 Å². The third-order valence-electron chi connectivity index (χ3n) is 3.98. The van der Waals surface area contributed by atoms with Crippen molar-refractivity contribution in [1.29, 1.82) is 0 Å². The summed E-state index contributed by atoms with van der Waals surface area (Å²) >= 11 is 0. The van der Waals surface area contributed by atoms with Crippen molar-refractivity contribution in [1.82, 2.24) is 4.57 Å². The third kappa shape index (κ3) is 2.53. The highest BCUT2D eigenvalue weighted by molar-refractivity contribution is 6.05. The zero-order valence-corrected chi connectivity index (χ0v) is 12.4. The van der Waals surface area contributed by atoms with E-state index in [-0.39, 0.29) is 5.91 Å². The van der Waals surface area contributed by atoms with Crippen molar-refractivity contribution >= 4 is 17.3 Å². The Morgan fingerprint density at radius 3 is 3.00 bits per heavy atom.